The van der Waals surface area contributed by atoms with Gasteiger partial charge in [0.25, 0.3) is 5.91 Å². The maximum atomic E-state index is 13.5. The van der Waals surface area contributed by atoms with E-state index in [1.807, 2.05) is 0 Å². The molecule has 0 N–H and O–H groups in total. The van der Waals surface area contributed by atoms with E-state index >= 15 is 0 Å². The smallest absolute Gasteiger partial charge is 0.280 e. The summed E-state index contributed by atoms with van der Waals surface area (Å²) in [6.07, 6.45) is 2.85. The van der Waals surface area contributed by atoms with Gasteiger partial charge in [0.05, 0.1) is 22.7 Å². The Balaban J connectivity index is 1.76. The lowest BCUT2D eigenvalue weighted by molar-refractivity contribution is 0.0988. The minimum absolute atomic E-state index is 0.235. The third-order valence-corrected chi connectivity index (χ3v) is 4.64. The van der Waals surface area contributed by atoms with Gasteiger partial charge in [-0.15, -0.1) is 0 Å². The summed E-state index contributed by atoms with van der Waals surface area (Å²) in [7, 11) is 0. The monoisotopic (exact) mass is 383 g/mol. The van der Waals surface area contributed by atoms with Crippen LogP contribution in [0.15, 0.2) is 70.4 Å². The molecule has 0 aliphatic rings. The Morgan fingerprint density at radius 1 is 1.11 bits per heavy atom. The number of carbonyl (C=O) groups excluding carboxylic acids is 1. The van der Waals surface area contributed by atoms with Gasteiger partial charge in [-0.3, -0.25) is 4.79 Å². The molecule has 5 nitrogen and oxygen atoms in total. The zero-order valence-electron chi connectivity index (χ0n) is 13.7. The third kappa shape index (κ3) is 3.61. The van der Waals surface area contributed by atoms with E-state index in [0.717, 1.165) is 16.3 Å². The van der Waals surface area contributed by atoms with Crippen molar-refractivity contribution in [1.82, 2.24) is 4.98 Å². The Labute approximate surface area is 156 Å². The van der Waals surface area contributed by atoms with Crippen molar-refractivity contribution in [3.63, 3.8) is 0 Å². The number of hydrogen-bond donors (Lipinski definition) is 0. The number of carbonyl (C=O) groups is 1. The van der Waals surface area contributed by atoms with Crippen LogP contribution in [0.1, 0.15) is 16.1 Å². The Morgan fingerprint density at radius 3 is 2.63 bits per heavy atom. The van der Waals surface area contributed by atoms with Crippen LogP contribution in [0.25, 0.3) is 10.2 Å². The van der Waals surface area contributed by atoms with Crippen molar-refractivity contribution in [2.24, 2.45) is 5.10 Å². The Morgan fingerprint density at radius 2 is 1.89 bits per heavy atom. The molecule has 1 amide bonds. The van der Waals surface area contributed by atoms with E-state index in [1.165, 1.54) is 54.9 Å². The van der Waals surface area contributed by atoms with Gasteiger partial charge in [-0.1, -0.05) is 11.3 Å². The largest absolute Gasteiger partial charge is 0.463 e. The molecule has 0 bridgehead atoms. The second-order valence-electron chi connectivity index (χ2n) is 5.49. The Kier molecular flexibility index (Phi) is 4.47. The van der Waals surface area contributed by atoms with Gasteiger partial charge in [-0.25, -0.2) is 13.8 Å². The number of thiazole rings is 1. The zero-order chi connectivity index (χ0) is 18.8. The number of rotatable bonds is 4. The lowest BCUT2D eigenvalue weighted by atomic mass is 10.2. The first kappa shape index (κ1) is 17.0. The Hall–Kier alpha value is -3.39. The van der Waals surface area contributed by atoms with Crippen LogP contribution in [0.4, 0.5) is 13.9 Å². The van der Waals surface area contributed by atoms with Crippen LogP contribution in [0.3, 0.4) is 0 Å². The first-order valence-corrected chi connectivity index (χ1v) is 8.65. The summed E-state index contributed by atoms with van der Waals surface area (Å²) in [6, 6.07) is 12.6. The molecule has 27 heavy (non-hydrogen) atoms. The van der Waals surface area contributed by atoms with Crippen LogP contribution in [-0.4, -0.2) is 17.1 Å². The summed E-state index contributed by atoms with van der Waals surface area (Å²) < 4.78 is 32.4. The fourth-order valence-electron chi connectivity index (χ4n) is 2.36. The van der Waals surface area contributed by atoms with Crippen molar-refractivity contribution >= 4 is 38.8 Å². The van der Waals surface area contributed by atoms with Crippen LogP contribution >= 0.6 is 11.3 Å². The highest BCUT2D eigenvalue weighted by Gasteiger charge is 2.21. The van der Waals surface area contributed by atoms with Gasteiger partial charge >= 0.3 is 0 Å². The summed E-state index contributed by atoms with van der Waals surface area (Å²) in [4.78, 5) is 17.3. The highest BCUT2D eigenvalue weighted by Crippen LogP contribution is 2.30. The van der Waals surface area contributed by atoms with E-state index in [9.17, 15) is 13.6 Å². The van der Waals surface area contributed by atoms with Crippen molar-refractivity contribution in [1.29, 1.82) is 0 Å². The summed E-state index contributed by atoms with van der Waals surface area (Å²) >= 11 is 1.12. The Bertz CT molecular complexity index is 1120. The minimum Gasteiger partial charge on any atom is -0.463 e. The number of fused-ring (bicyclic) bond motifs is 1. The molecular formula is C19H11F2N3O2S. The van der Waals surface area contributed by atoms with Gasteiger partial charge < -0.3 is 4.42 Å². The zero-order valence-corrected chi connectivity index (χ0v) is 14.5. The van der Waals surface area contributed by atoms with Crippen LogP contribution in [0.5, 0.6) is 0 Å². The van der Waals surface area contributed by atoms with Gasteiger partial charge in [-0.2, -0.15) is 10.1 Å². The van der Waals surface area contributed by atoms with Gasteiger partial charge in [0.1, 0.15) is 17.4 Å². The SMILES string of the molecule is O=C(c1ccc(F)cc1)N(/N=C\c1ccco1)c1nc2ccc(F)cc2s1. The van der Waals surface area contributed by atoms with Gasteiger partial charge in [0.2, 0.25) is 5.13 Å². The molecule has 4 aromatic rings. The van der Waals surface area contributed by atoms with E-state index < -0.39 is 17.5 Å². The number of nitrogens with zero attached hydrogens (tertiary/aromatic N) is 3. The van der Waals surface area contributed by atoms with Gasteiger partial charge in [0.15, 0.2) is 0 Å². The molecule has 2 aromatic carbocycles. The molecule has 0 unspecified atom stereocenters. The number of aromatic nitrogens is 1. The highest BCUT2D eigenvalue weighted by atomic mass is 32.1. The van der Waals surface area contributed by atoms with Crippen LogP contribution in [0, 0.1) is 11.6 Å². The number of halogens is 2. The molecule has 4 rings (SSSR count). The molecular weight excluding hydrogens is 372 g/mol. The molecule has 0 saturated carbocycles. The summed E-state index contributed by atoms with van der Waals surface area (Å²) in [5, 5.41) is 5.52. The van der Waals surface area contributed by atoms with Crippen molar-refractivity contribution in [3.8, 4) is 0 Å². The normalized spacial score (nSPS) is 11.3. The van der Waals surface area contributed by atoms with Crippen molar-refractivity contribution in [3.05, 3.63) is 83.8 Å². The second-order valence-corrected chi connectivity index (χ2v) is 6.50. The molecule has 8 heteroatoms. The maximum Gasteiger partial charge on any atom is 0.280 e. The van der Waals surface area contributed by atoms with Crippen molar-refractivity contribution in [2.75, 3.05) is 5.01 Å². The summed E-state index contributed by atoms with van der Waals surface area (Å²) in [6.45, 7) is 0. The quantitative estimate of drug-likeness (QED) is 0.374. The average molecular weight is 383 g/mol. The predicted octanol–water partition coefficient (Wildman–Crippen LogP) is 4.85. The van der Waals surface area contributed by atoms with Gasteiger partial charge in [-0.05, 0) is 54.6 Å². The molecule has 0 fully saturated rings. The molecule has 0 aliphatic carbocycles. The number of furan rings is 1. The second kappa shape index (κ2) is 7.08. The molecule has 0 spiro atoms. The van der Waals surface area contributed by atoms with Crippen molar-refractivity contribution in [2.45, 2.75) is 0 Å². The number of hydrogen-bond acceptors (Lipinski definition) is 5. The lowest BCUT2D eigenvalue weighted by Gasteiger charge is -2.13. The van der Waals surface area contributed by atoms with Crippen LogP contribution < -0.4 is 5.01 Å². The predicted molar refractivity (Wildman–Crippen MR) is 99.1 cm³/mol. The summed E-state index contributed by atoms with van der Waals surface area (Å²) in [5.74, 6) is -0.905. The molecule has 0 aliphatic heterocycles. The maximum absolute atomic E-state index is 13.5. The molecule has 134 valence electrons. The number of anilines is 1. The fourth-order valence-corrected chi connectivity index (χ4v) is 3.31. The number of amides is 1. The average Bonchev–Trinajstić information content (AvgIpc) is 3.31. The molecule has 0 saturated heterocycles. The van der Waals surface area contributed by atoms with E-state index in [1.54, 1.807) is 12.1 Å². The molecule has 0 radical (unpaired) electrons. The molecule has 2 aromatic heterocycles. The first-order chi connectivity index (χ1) is 13.1. The highest BCUT2D eigenvalue weighted by molar-refractivity contribution is 7.22. The first-order valence-electron chi connectivity index (χ1n) is 7.84. The molecule has 0 atom stereocenters. The molecule has 2 heterocycles. The van der Waals surface area contributed by atoms with E-state index in [0.29, 0.717) is 16.0 Å². The van der Waals surface area contributed by atoms with Crippen LogP contribution in [-0.2, 0) is 0 Å². The van der Waals surface area contributed by atoms with E-state index in [4.69, 9.17) is 4.42 Å². The topological polar surface area (TPSA) is 58.7 Å². The number of benzene rings is 2. The van der Waals surface area contributed by atoms with Crippen LogP contribution in [0.2, 0.25) is 0 Å². The van der Waals surface area contributed by atoms with E-state index in [2.05, 4.69) is 10.1 Å². The van der Waals surface area contributed by atoms with Crippen molar-refractivity contribution < 1.29 is 18.0 Å². The fraction of sp³-hybridized carbons (Fsp3) is 0. The minimum atomic E-state index is -0.502. The third-order valence-electron chi connectivity index (χ3n) is 3.65. The van der Waals surface area contributed by atoms with E-state index in [-0.39, 0.29) is 10.7 Å². The summed E-state index contributed by atoms with van der Waals surface area (Å²) in [5.41, 5.74) is 0.778. The lowest BCUT2D eigenvalue weighted by Crippen LogP contribution is -2.25. The van der Waals surface area contributed by atoms with Gasteiger partial charge in [0, 0.05) is 5.56 Å². The standard InChI is InChI=1S/C19H11F2N3O2S/c20-13-5-3-12(4-6-13)18(25)24(22-11-15-2-1-9-26-15)19-23-16-8-7-14(21)10-17(16)27-19/h1-11H/b22-11-. The number of hydrazone groups is 1.